The summed E-state index contributed by atoms with van der Waals surface area (Å²) in [5, 5.41) is 22.3. The Labute approximate surface area is 114 Å². The van der Waals surface area contributed by atoms with Crippen LogP contribution in [0.3, 0.4) is 0 Å². The predicted molar refractivity (Wildman–Crippen MR) is 71.9 cm³/mol. The van der Waals surface area contributed by atoms with Crippen molar-refractivity contribution in [3.8, 4) is 11.4 Å². The van der Waals surface area contributed by atoms with Crippen LogP contribution in [0.1, 0.15) is 18.6 Å². The van der Waals surface area contributed by atoms with Gasteiger partial charge in [-0.05, 0) is 13.0 Å². The maximum Gasteiger partial charge on any atom is 0.185 e. The summed E-state index contributed by atoms with van der Waals surface area (Å²) >= 11 is 6.07. The van der Waals surface area contributed by atoms with Crippen molar-refractivity contribution >= 4 is 17.2 Å². The summed E-state index contributed by atoms with van der Waals surface area (Å²) in [4.78, 5) is 0. The van der Waals surface area contributed by atoms with E-state index in [1.807, 2.05) is 30.3 Å². The second kappa shape index (κ2) is 4.60. The van der Waals surface area contributed by atoms with E-state index in [0.717, 1.165) is 5.56 Å². The molecule has 0 bridgehead atoms. The Kier molecular flexibility index (Phi) is 2.93. The molecule has 0 saturated carbocycles. The molecule has 3 aromatic rings. The van der Waals surface area contributed by atoms with E-state index < -0.39 is 6.10 Å². The van der Waals surface area contributed by atoms with Crippen LogP contribution in [0.4, 0.5) is 0 Å². The number of benzene rings is 1. The fraction of sp³-hybridized carbons (Fsp3) is 0.154. The number of halogens is 1. The van der Waals surface area contributed by atoms with Gasteiger partial charge in [-0.3, -0.25) is 0 Å². The average Bonchev–Trinajstić information content (AvgIpc) is 2.81. The molecule has 19 heavy (non-hydrogen) atoms. The van der Waals surface area contributed by atoms with Gasteiger partial charge in [0.2, 0.25) is 0 Å². The first kappa shape index (κ1) is 12.1. The van der Waals surface area contributed by atoms with E-state index in [0.29, 0.717) is 17.0 Å². The number of aliphatic hydroxyl groups excluding tert-OH is 1. The first-order valence-corrected chi connectivity index (χ1v) is 6.20. The molecule has 0 aliphatic rings. The normalized spacial score (nSPS) is 12.8. The molecule has 1 N–H and O–H groups in total. The van der Waals surface area contributed by atoms with E-state index in [9.17, 15) is 5.11 Å². The van der Waals surface area contributed by atoms with Gasteiger partial charge in [-0.25, -0.2) is 0 Å². The summed E-state index contributed by atoms with van der Waals surface area (Å²) in [5.74, 6) is 0.620. The van der Waals surface area contributed by atoms with Crippen molar-refractivity contribution in [3.63, 3.8) is 0 Å². The molecule has 2 aromatic heterocycles. The summed E-state index contributed by atoms with van der Waals surface area (Å²) in [7, 11) is 0. The minimum Gasteiger partial charge on any atom is -0.389 e. The molecule has 0 saturated heterocycles. The molecule has 1 unspecified atom stereocenters. The van der Waals surface area contributed by atoms with E-state index >= 15 is 0 Å². The molecule has 1 aromatic carbocycles. The van der Waals surface area contributed by atoms with Crippen LogP contribution in [0.5, 0.6) is 0 Å². The molecule has 0 radical (unpaired) electrons. The Morgan fingerprint density at radius 1 is 1.21 bits per heavy atom. The van der Waals surface area contributed by atoms with Crippen LogP contribution in [0.25, 0.3) is 17.0 Å². The second-order valence-electron chi connectivity index (χ2n) is 4.23. The van der Waals surface area contributed by atoms with Crippen LogP contribution in [0.2, 0.25) is 5.15 Å². The third kappa shape index (κ3) is 2.07. The molecule has 0 aliphatic carbocycles. The first-order valence-electron chi connectivity index (χ1n) is 5.82. The molecule has 1 atom stereocenters. The maximum atomic E-state index is 9.61. The predicted octanol–water partition coefficient (Wildman–Crippen LogP) is 2.50. The minimum absolute atomic E-state index is 0.250. The number of aliphatic hydroxyl groups is 1. The van der Waals surface area contributed by atoms with Gasteiger partial charge in [0.1, 0.15) is 0 Å². The molecule has 0 amide bonds. The minimum atomic E-state index is -0.693. The molecule has 0 fully saturated rings. The summed E-state index contributed by atoms with van der Waals surface area (Å²) in [5.41, 5.74) is 2.00. The van der Waals surface area contributed by atoms with Crippen LogP contribution < -0.4 is 0 Å². The lowest BCUT2D eigenvalue weighted by Gasteiger charge is -2.07. The molecular weight excluding hydrogens is 264 g/mol. The third-order valence-corrected chi connectivity index (χ3v) is 3.15. The maximum absolute atomic E-state index is 9.61. The lowest BCUT2D eigenvalue weighted by atomic mass is 10.2. The highest BCUT2D eigenvalue weighted by Gasteiger charge is 2.14. The zero-order valence-electron chi connectivity index (χ0n) is 10.2. The van der Waals surface area contributed by atoms with Crippen LogP contribution >= 0.6 is 11.6 Å². The molecule has 96 valence electrons. The van der Waals surface area contributed by atoms with Gasteiger partial charge in [0, 0.05) is 11.1 Å². The van der Waals surface area contributed by atoms with Gasteiger partial charge in [-0.1, -0.05) is 41.9 Å². The van der Waals surface area contributed by atoms with Gasteiger partial charge in [0.15, 0.2) is 16.6 Å². The fourth-order valence-corrected chi connectivity index (χ4v) is 2.17. The van der Waals surface area contributed by atoms with Crippen molar-refractivity contribution in [2.75, 3.05) is 0 Å². The van der Waals surface area contributed by atoms with Gasteiger partial charge in [0.25, 0.3) is 0 Å². The number of nitrogens with zero attached hydrogens (tertiary/aromatic N) is 4. The molecule has 6 heteroatoms. The number of fused-ring (bicyclic) bond motifs is 1. The molecule has 5 nitrogen and oxygen atoms in total. The van der Waals surface area contributed by atoms with Crippen molar-refractivity contribution < 1.29 is 5.11 Å². The lowest BCUT2D eigenvalue weighted by molar-refractivity contribution is 0.199. The SMILES string of the molecule is CC(O)c1cc2nnc(-c3ccccc3)n2nc1Cl. The third-order valence-electron chi connectivity index (χ3n) is 2.86. The number of aromatic nitrogens is 4. The van der Waals surface area contributed by atoms with E-state index in [-0.39, 0.29) is 5.15 Å². The molecular formula is C13H11ClN4O. The molecule has 3 rings (SSSR count). The second-order valence-corrected chi connectivity index (χ2v) is 4.58. The standard InChI is InChI=1S/C13H11ClN4O/c1-8(19)10-7-11-15-16-13(18(11)17-12(10)14)9-5-3-2-4-6-9/h2-8,19H,1H3. The molecule has 0 aliphatic heterocycles. The Morgan fingerprint density at radius 3 is 2.63 bits per heavy atom. The zero-order valence-corrected chi connectivity index (χ0v) is 10.9. The van der Waals surface area contributed by atoms with Crippen LogP contribution in [-0.2, 0) is 0 Å². The van der Waals surface area contributed by atoms with Crippen molar-refractivity contribution in [3.05, 3.63) is 47.1 Å². The van der Waals surface area contributed by atoms with Crippen LogP contribution in [0, 0.1) is 0 Å². The Morgan fingerprint density at radius 2 is 1.95 bits per heavy atom. The van der Waals surface area contributed by atoms with Crippen LogP contribution in [-0.4, -0.2) is 24.9 Å². The van der Waals surface area contributed by atoms with Crippen LogP contribution in [0.15, 0.2) is 36.4 Å². The molecule has 0 spiro atoms. The Balaban J connectivity index is 2.22. The monoisotopic (exact) mass is 274 g/mol. The summed E-state index contributed by atoms with van der Waals surface area (Å²) < 4.78 is 1.57. The zero-order chi connectivity index (χ0) is 13.4. The largest absolute Gasteiger partial charge is 0.389 e. The summed E-state index contributed by atoms with van der Waals surface area (Å²) in [6, 6.07) is 11.3. The van der Waals surface area contributed by atoms with Crippen molar-refractivity contribution in [2.45, 2.75) is 13.0 Å². The van der Waals surface area contributed by atoms with Gasteiger partial charge in [-0.15, -0.1) is 10.2 Å². The first-order chi connectivity index (χ1) is 9.16. The van der Waals surface area contributed by atoms with E-state index in [4.69, 9.17) is 11.6 Å². The summed E-state index contributed by atoms with van der Waals surface area (Å²) in [6.45, 7) is 1.63. The smallest absolute Gasteiger partial charge is 0.185 e. The Bertz CT molecular complexity index is 724. The van der Waals surface area contributed by atoms with E-state index in [1.165, 1.54) is 0 Å². The lowest BCUT2D eigenvalue weighted by Crippen LogP contribution is -2.01. The quantitative estimate of drug-likeness (QED) is 0.780. The van der Waals surface area contributed by atoms with Crippen molar-refractivity contribution in [2.24, 2.45) is 0 Å². The highest BCUT2D eigenvalue weighted by Crippen LogP contribution is 2.24. The highest BCUT2D eigenvalue weighted by molar-refractivity contribution is 6.30. The average molecular weight is 275 g/mol. The molecule has 2 heterocycles. The van der Waals surface area contributed by atoms with Gasteiger partial charge in [0.05, 0.1) is 6.10 Å². The van der Waals surface area contributed by atoms with Crippen molar-refractivity contribution in [1.82, 2.24) is 19.8 Å². The fourth-order valence-electron chi connectivity index (χ4n) is 1.88. The summed E-state index contributed by atoms with van der Waals surface area (Å²) in [6.07, 6.45) is -0.693. The highest BCUT2D eigenvalue weighted by atomic mass is 35.5. The Hall–Kier alpha value is -1.98. The van der Waals surface area contributed by atoms with Gasteiger partial charge < -0.3 is 5.11 Å². The van der Waals surface area contributed by atoms with Gasteiger partial charge in [-0.2, -0.15) is 9.61 Å². The number of hydrogen-bond donors (Lipinski definition) is 1. The van der Waals surface area contributed by atoms with Crippen molar-refractivity contribution in [1.29, 1.82) is 0 Å². The number of rotatable bonds is 2. The number of hydrogen-bond acceptors (Lipinski definition) is 4. The van der Waals surface area contributed by atoms with E-state index in [2.05, 4.69) is 15.3 Å². The topological polar surface area (TPSA) is 63.3 Å². The van der Waals surface area contributed by atoms with Gasteiger partial charge >= 0.3 is 0 Å². The van der Waals surface area contributed by atoms with E-state index in [1.54, 1.807) is 17.5 Å².